The molecule has 80 heavy (non-hydrogen) atoms. The Kier molecular flexibility index (Phi) is 61.4. The van der Waals surface area contributed by atoms with Gasteiger partial charge in [0.15, 0.2) is 6.10 Å². The number of carbonyl (C=O) groups is 3. The Morgan fingerprint density at radius 2 is 0.575 bits per heavy atom. The third-order valence-electron chi connectivity index (χ3n) is 15.3. The minimum atomic E-state index is -4.75. The summed E-state index contributed by atoms with van der Waals surface area (Å²) in [6.45, 7) is 4.72. The van der Waals surface area contributed by atoms with Gasteiger partial charge in [-0.15, -0.1) is 0 Å². The molecule has 0 radical (unpaired) electrons. The zero-order chi connectivity index (χ0) is 58.3. The highest BCUT2D eigenvalue weighted by Gasteiger charge is 2.28. The van der Waals surface area contributed by atoms with Crippen LogP contribution in [0.25, 0.3) is 0 Å². The number of unbranched alkanes of at least 4 members (excludes halogenated alkanes) is 44. The van der Waals surface area contributed by atoms with Gasteiger partial charge in [-0.05, 0) is 70.6 Å². The first-order chi connectivity index (χ1) is 39.2. The highest BCUT2D eigenvalue weighted by atomic mass is 31.2. The molecule has 0 aromatic heterocycles. The first-order valence-corrected chi connectivity index (χ1v) is 35.7. The van der Waals surface area contributed by atoms with Gasteiger partial charge >= 0.3 is 25.7 Å². The second-order valence-corrected chi connectivity index (χ2v) is 24.8. The van der Waals surface area contributed by atoms with Crippen molar-refractivity contribution >= 4 is 25.7 Å². The zero-order valence-corrected chi connectivity index (χ0v) is 53.5. The number of aliphatic hydroxyl groups is 1. The predicted octanol–water partition coefficient (Wildman–Crippen LogP) is 20.9. The quantitative estimate of drug-likeness (QED) is 0.0197. The summed E-state index contributed by atoms with van der Waals surface area (Å²) in [4.78, 5) is 48.8. The van der Waals surface area contributed by atoms with Crippen molar-refractivity contribution in [2.24, 2.45) is 0 Å². The van der Waals surface area contributed by atoms with E-state index in [-0.39, 0.29) is 25.9 Å². The molecule has 0 rings (SSSR count). The molecule has 2 N–H and O–H groups in total. The van der Waals surface area contributed by atoms with Gasteiger partial charge in [0.05, 0.1) is 19.8 Å². The molecule has 0 fully saturated rings. The molecule has 0 bridgehead atoms. The van der Waals surface area contributed by atoms with Crippen LogP contribution in [-0.2, 0) is 42.2 Å². The Hall–Kier alpha value is -2.04. The van der Waals surface area contributed by atoms with E-state index >= 15 is 0 Å². The van der Waals surface area contributed by atoms with Gasteiger partial charge in [0.1, 0.15) is 12.7 Å². The summed E-state index contributed by atoms with van der Waals surface area (Å²) in [6.07, 6.45) is 67.0. The Labute approximate surface area is 493 Å². The topological polar surface area (TPSA) is 155 Å². The van der Waals surface area contributed by atoms with Crippen molar-refractivity contribution in [2.75, 3.05) is 26.4 Å². The van der Waals surface area contributed by atoms with Crippen molar-refractivity contribution in [3.05, 3.63) is 24.3 Å². The lowest BCUT2D eigenvalue weighted by atomic mass is 10.0. The Balaban J connectivity index is 4.65. The lowest BCUT2D eigenvalue weighted by molar-refractivity contribution is -0.161. The molecule has 12 heteroatoms. The van der Waals surface area contributed by atoms with E-state index < -0.39 is 57.8 Å². The van der Waals surface area contributed by atoms with Gasteiger partial charge in [0.2, 0.25) is 0 Å². The third-order valence-corrected chi connectivity index (χ3v) is 16.3. The fraction of sp³-hybridized carbons (Fsp3) is 0.897. The van der Waals surface area contributed by atoms with Gasteiger partial charge in [0.25, 0.3) is 0 Å². The Morgan fingerprint density at radius 3 is 0.863 bits per heavy atom. The molecule has 3 unspecified atom stereocenters. The van der Waals surface area contributed by atoms with Crippen LogP contribution >= 0.6 is 7.82 Å². The number of phosphoric acid groups is 1. The zero-order valence-electron chi connectivity index (χ0n) is 52.6. The van der Waals surface area contributed by atoms with Crippen LogP contribution in [0.1, 0.15) is 355 Å². The number of aliphatic hydroxyl groups excluding tert-OH is 1. The standard InChI is InChI=1S/C68H129O11P/c1-4-7-10-13-16-19-22-25-28-30-32-34-37-39-42-45-48-51-54-57-66(70)75-61-65(79-68(72)59-56-53-50-47-44-41-38-35-33-31-29-26-23-20-17-14-11-8-5-2)63-77-80(73,74)76-62-64(60-69)78-67(71)58-55-52-49-46-43-40-36-27-24-21-18-15-12-9-6-3/h25,27-28,36,64-65,69H,4-24,26,29-35,37-63H2,1-3H3,(H,73,74)/b28-25-,36-27-. The van der Waals surface area contributed by atoms with Crippen LogP contribution in [0.3, 0.4) is 0 Å². The summed E-state index contributed by atoms with van der Waals surface area (Å²) in [6, 6.07) is 0. The molecule has 0 aliphatic rings. The molecule has 472 valence electrons. The number of hydrogen-bond acceptors (Lipinski definition) is 10. The smallest absolute Gasteiger partial charge is 0.462 e. The fourth-order valence-electron chi connectivity index (χ4n) is 10.1. The van der Waals surface area contributed by atoms with Gasteiger partial charge in [-0.1, -0.05) is 289 Å². The van der Waals surface area contributed by atoms with Gasteiger partial charge in [-0.25, -0.2) is 4.57 Å². The van der Waals surface area contributed by atoms with E-state index in [1.54, 1.807) is 0 Å². The Morgan fingerprint density at radius 1 is 0.338 bits per heavy atom. The lowest BCUT2D eigenvalue weighted by Crippen LogP contribution is -2.30. The van der Waals surface area contributed by atoms with E-state index in [0.717, 1.165) is 77.0 Å². The average Bonchev–Trinajstić information content (AvgIpc) is 3.45. The van der Waals surface area contributed by atoms with E-state index in [1.807, 2.05) is 0 Å². The molecule has 11 nitrogen and oxygen atoms in total. The second kappa shape index (κ2) is 63.0. The molecule has 0 saturated heterocycles. The molecular weight excluding hydrogens is 1020 g/mol. The number of esters is 3. The van der Waals surface area contributed by atoms with Gasteiger partial charge < -0.3 is 24.2 Å². The molecule has 0 saturated carbocycles. The fourth-order valence-corrected chi connectivity index (χ4v) is 10.9. The van der Waals surface area contributed by atoms with Crippen LogP contribution in [0.15, 0.2) is 24.3 Å². The highest BCUT2D eigenvalue weighted by molar-refractivity contribution is 7.47. The highest BCUT2D eigenvalue weighted by Crippen LogP contribution is 2.43. The van der Waals surface area contributed by atoms with E-state index in [0.29, 0.717) is 19.3 Å². The van der Waals surface area contributed by atoms with Crippen LogP contribution in [0.5, 0.6) is 0 Å². The second-order valence-electron chi connectivity index (χ2n) is 23.3. The maximum Gasteiger partial charge on any atom is 0.472 e. The average molecular weight is 1150 g/mol. The normalized spacial score (nSPS) is 13.3. The number of allylic oxidation sites excluding steroid dienone is 4. The van der Waals surface area contributed by atoms with E-state index in [2.05, 4.69) is 45.1 Å². The van der Waals surface area contributed by atoms with Crippen molar-refractivity contribution in [3.8, 4) is 0 Å². The van der Waals surface area contributed by atoms with E-state index in [9.17, 15) is 28.9 Å². The van der Waals surface area contributed by atoms with E-state index in [1.165, 1.54) is 218 Å². The first kappa shape index (κ1) is 78.0. The van der Waals surface area contributed by atoms with Crippen molar-refractivity contribution < 1.29 is 52.2 Å². The SMILES string of the molecule is CCCCCCCC/C=C\CCCCCCCCCCCC(=O)OCC(COP(=O)(O)OCC(CO)OC(=O)CCCCCCC/C=C\CCCCCCCC)OC(=O)CCCCCCCCCCCCCCCCCCCCC. The third kappa shape index (κ3) is 60.5. The monoisotopic (exact) mass is 1150 g/mol. The van der Waals surface area contributed by atoms with E-state index in [4.69, 9.17) is 23.3 Å². The van der Waals surface area contributed by atoms with Crippen LogP contribution in [0.2, 0.25) is 0 Å². The number of hydrogen-bond donors (Lipinski definition) is 2. The molecule has 0 aromatic rings. The molecule has 0 spiro atoms. The largest absolute Gasteiger partial charge is 0.472 e. The predicted molar refractivity (Wildman–Crippen MR) is 335 cm³/mol. The molecule has 3 atom stereocenters. The van der Waals surface area contributed by atoms with Crippen molar-refractivity contribution in [1.82, 2.24) is 0 Å². The minimum Gasteiger partial charge on any atom is -0.462 e. The van der Waals surface area contributed by atoms with Crippen LogP contribution in [0, 0.1) is 0 Å². The summed E-state index contributed by atoms with van der Waals surface area (Å²) in [5.41, 5.74) is 0. The molecule has 0 aliphatic carbocycles. The van der Waals surface area contributed by atoms with Crippen LogP contribution in [-0.4, -0.2) is 66.5 Å². The number of ether oxygens (including phenoxy) is 3. The molecule has 0 heterocycles. The lowest BCUT2D eigenvalue weighted by Gasteiger charge is -2.21. The van der Waals surface area contributed by atoms with Gasteiger partial charge in [-0.2, -0.15) is 0 Å². The number of phosphoric ester groups is 1. The molecule has 0 aromatic carbocycles. The molecule has 0 aliphatic heterocycles. The summed E-state index contributed by atoms with van der Waals surface area (Å²) in [5.74, 6) is -1.44. The van der Waals surface area contributed by atoms with Crippen molar-refractivity contribution in [1.29, 1.82) is 0 Å². The van der Waals surface area contributed by atoms with Gasteiger partial charge in [-0.3, -0.25) is 23.4 Å². The Bertz CT molecular complexity index is 1440. The number of carbonyl (C=O) groups excluding carboxylic acids is 3. The summed E-state index contributed by atoms with van der Waals surface area (Å²) in [5, 5.41) is 9.86. The van der Waals surface area contributed by atoms with Crippen molar-refractivity contribution in [2.45, 2.75) is 367 Å². The van der Waals surface area contributed by atoms with Crippen LogP contribution in [0.4, 0.5) is 0 Å². The number of rotatable bonds is 65. The van der Waals surface area contributed by atoms with Crippen LogP contribution < -0.4 is 0 Å². The summed E-state index contributed by atoms with van der Waals surface area (Å²) >= 11 is 0. The summed E-state index contributed by atoms with van der Waals surface area (Å²) < 4.78 is 39.8. The molecule has 0 amide bonds. The minimum absolute atomic E-state index is 0.172. The maximum atomic E-state index is 13.0. The van der Waals surface area contributed by atoms with Crippen molar-refractivity contribution in [3.63, 3.8) is 0 Å². The maximum absolute atomic E-state index is 13.0. The van der Waals surface area contributed by atoms with Gasteiger partial charge in [0, 0.05) is 19.3 Å². The first-order valence-electron chi connectivity index (χ1n) is 34.2. The summed E-state index contributed by atoms with van der Waals surface area (Å²) in [7, 11) is -4.75. The molecular formula is C68H129O11P.